The van der Waals surface area contributed by atoms with E-state index in [2.05, 4.69) is 6.58 Å². The number of amides is 2. The molecule has 3 aliphatic heterocycles. The molecule has 0 aromatic heterocycles. The van der Waals surface area contributed by atoms with Gasteiger partial charge in [0.25, 0.3) is 5.91 Å². The largest absolute Gasteiger partial charge is 0.466 e. The van der Waals surface area contributed by atoms with Crippen molar-refractivity contribution in [3.8, 4) is 0 Å². The molecule has 2 bridgehead atoms. The molecule has 8 heteroatoms. The van der Waals surface area contributed by atoms with Crippen molar-refractivity contribution in [2.75, 3.05) is 24.7 Å². The molecule has 3 saturated heterocycles. The Morgan fingerprint density at radius 1 is 1.20 bits per heavy atom. The van der Waals surface area contributed by atoms with Crippen molar-refractivity contribution in [1.29, 1.82) is 0 Å². The molecular formula is C33H42N2O6. The zero-order valence-corrected chi connectivity index (χ0v) is 24.5. The summed E-state index contributed by atoms with van der Waals surface area (Å²) >= 11 is 0. The van der Waals surface area contributed by atoms with Gasteiger partial charge in [0.2, 0.25) is 5.91 Å². The van der Waals surface area contributed by atoms with Crippen molar-refractivity contribution < 1.29 is 29.0 Å². The van der Waals surface area contributed by atoms with Crippen LogP contribution in [0, 0.1) is 17.8 Å². The smallest absolute Gasteiger partial charge is 0.312 e. The van der Waals surface area contributed by atoms with E-state index in [0.717, 1.165) is 10.8 Å². The van der Waals surface area contributed by atoms with E-state index in [1.807, 2.05) is 63.2 Å². The minimum atomic E-state index is -1.20. The summed E-state index contributed by atoms with van der Waals surface area (Å²) in [6, 6.07) is 12.2. The van der Waals surface area contributed by atoms with Crippen LogP contribution < -0.4 is 4.90 Å². The summed E-state index contributed by atoms with van der Waals surface area (Å²) in [6.07, 6.45) is 3.93. The van der Waals surface area contributed by atoms with Crippen LogP contribution in [0.4, 0.5) is 5.69 Å². The molecule has 1 N–H and O–H groups in total. The lowest BCUT2D eigenvalue weighted by Gasteiger charge is -2.41. The van der Waals surface area contributed by atoms with Crippen LogP contribution in [0.2, 0.25) is 0 Å². The predicted octanol–water partition coefficient (Wildman–Crippen LogP) is 4.48. The van der Waals surface area contributed by atoms with Crippen molar-refractivity contribution >= 4 is 34.2 Å². The number of benzene rings is 2. The maximum atomic E-state index is 14.9. The number of hydrogen-bond acceptors (Lipinski definition) is 6. The van der Waals surface area contributed by atoms with Crippen molar-refractivity contribution in [3.63, 3.8) is 0 Å². The van der Waals surface area contributed by atoms with E-state index in [4.69, 9.17) is 9.47 Å². The van der Waals surface area contributed by atoms with E-state index in [1.54, 1.807) is 22.8 Å². The second-order valence-corrected chi connectivity index (χ2v) is 11.7. The molecule has 41 heavy (non-hydrogen) atoms. The van der Waals surface area contributed by atoms with E-state index in [9.17, 15) is 19.5 Å². The Morgan fingerprint density at radius 2 is 1.93 bits per heavy atom. The van der Waals surface area contributed by atoms with E-state index in [0.29, 0.717) is 31.4 Å². The number of carbonyl (C=O) groups excluding carboxylic acids is 3. The Morgan fingerprint density at radius 3 is 2.56 bits per heavy atom. The Hall–Kier alpha value is -3.23. The van der Waals surface area contributed by atoms with Crippen LogP contribution in [0.3, 0.4) is 0 Å². The van der Waals surface area contributed by atoms with Crippen LogP contribution in [0.15, 0.2) is 55.1 Å². The first-order valence-corrected chi connectivity index (χ1v) is 14.9. The number of rotatable bonds is 11. The van der Waals surface area contributed by atoms with E-state index in [1.165, 1.54) is 0 Å². The highest BCUT2D eigenvalue weighted by atomic mass is 16.6. The highest BCUT2D eigenvalue weighted by Gasteiger charge is 2.79. The van der Waals surface area contributed by atoms with Gasteiger partial charge in [0.15, 0.2) is 0 Å². The monoisotopic (exact) mass is 562 g/mol. The van der Waals surface area contributed by atoms with Gasteiger partial charge in [-0.15, -0.1) is 6.58 Å². The Labute approximate surface area is 242 Å². The zero-order chi connectivity index (χ0) is 29.5. The number of anilines is 1. The second kappa shape index (κ2) is 11.2. The summed E-state index contributed by atoms with van der Waals surface area (Å²) in [7, 11) is 0. The van der Waals surface area contributed by atoms with Crippen LogP contribution in [0.5, 0.6) is 0 Å². The number of aliphatic hydroxyl groups is 1. The highest BCUT2D eigenvalue weighted by Crippen LogP contribution is 2.65. The fourth-order valence-electron chi connectivity index (χ4n) is 7.64. The van der Waals surface area contributed by atoms with Crippen molar-refractivity contribution in [2.45, 2.75) is 76.7 Å². The van der Waals surface area contributed by atoms with Gasteiger partial charge in [0.05, 0.1) is 30.8 Å². The highest BCUT2D eigenvalue weighted by molar-refractivity contribution is 6.05. The van der Waals surface area contributed by atoms with Crippen LogP contribution in [0.1, 0.15) is 53.4 Å². The van der Waals surface area contributed by atoms with Gasteiger partial charge in [-0.25, -0.2) is 0 Å². The summed E-state index contributed by atoms with van der Waals surface area (Å²) in [5.74, 6) is -2.81. The summed E-state index contributed by atoms with van der Waals surface area (Å²) in [5.41, 5.74) is -1.38. The van der Waals surface area contributed by atoms with Crippen molar-refractivity contribution in [1.82, 2.24) is 4.90 Å². The number of carbonyl (C=O) groups is 3. The second-order valence-electron chi connectivity index (χ2n) is 11.7. The lowest BCUT2D eigenvalue weighted by atomic mass is 9.65. The summed E-state index contributed by atoms with van der Waals surface area (Å²) in [5, 5.41) is 12.6. The molecule has 3 heterocycles. The minimum Gasteiger partial charge on any atom is -0.466 e. The van der Waals surface area contributed by atoms with Crippen LogP contribution in [0.25, 0.3) is 10.8 Å². The van der Waals surface area contributed by atoms with E-state index < -0.39 is 41.1 Å². The molecule has 3 aliphatic rings. The third-order valence-electron chi connectivity index (χ3n) is 9.86. The maximum Gasteiger partial charge on any atom is 0.312 e. The van der Waals surface area contributed by atoms with Gasteiger partial charge in [-0.1, -0.05) is 63.6 Å². The summed E-state index contributed by atoms with van der Waals surface area (Å²) in [6.45, 7) is 11.7. The lowest BCUT2D eigenvalue weighted by molar-refractivity contribution is -0.162. The molecule has 7 atom stereocenters. The maximum absolute atomic E-state index is 14.9. The third kappa shape index (κ3) is 4.38. The minimum absolute atomic E-state index is 0.0821. The molecule has 5 rings (SSSR count). The molecule has 8 nitrogen and oxygen atoms in total. The molecule has 2 amide bonds. The van der Waals surface area contributed by atoms with Crippen molar-refractivity contribution in [3.05, 3.63) is 55.1 Å². The first kappa shape index (κ1) is 29.3. The SMILES string of the molecule is C=CCN(C(=O)C1N([C@@H](CO)[C@@H](C)CC)C(=O)[C@@H]2[C@H](C(=O)OCC)[C@]3(CC)CCC12O3)c1ccc2ccccc2c1. The van der Waals surface area contributed by atoms with Crippen LogP contribution in [-0.2, 0) is 23.9 Å². The van der Waals surface area contributed by atoms with Gasteiger partial charge in [-0.3, -0.25) is 14.4 Å². The fraction of sp³-hybridized carbons (Fsp3) is 0.545. The van der Waals surface area contributed by atoms with E-state index in [-0.39, 0.29) is 37.5 Å². The van der Waals surface area contributed by atoms with Crippen molar-refractivity contribution in [2.24, 2.45) is 17.8 Å². The van der Waals surface area contributed by atoms with Gasteiger partial charge < -0.3 is 24.4 Å². The standard InChI is InChI=1S/C33H42N2O6/c1-6-18-34(24-15-14-22-12-10-11-13-23(22)19-24)30(38)28-33-17-16-32(8-3,41-33)27(31(39)40-9-4)26(33)29(37)35(28)25(20-36)21(5)7-2/h6,10-15,19,21,25-28,36H,1,7-9,16-18,20H2,2-5H3/t21-,25-,26-,27+,28?,32-,33?/m0/s1. The van der Waals surface area contributed by atoms with E-state index >= 15 is 0 Å². The number of hydrogen-bond donors (Lipinski definition) is 1. The zero-order valence-electron chi connectivity index (χ0n) is 24.5. The number of nitrogens with zero attached hydrogens (tertiary/aromatic N) is 2. The lowest BCUT2D eigenvalue weighted by Crippen LogP contribution is -2.60. The van der Waals surface area contributed by atoms with Gasteiger partial charge in [0.1, 0.15) is 17.6 Å². The molecule has 0 aliphatic carbocycles. The topological polar surface area (TPSA) is 96.4 Å². The predicted molar refractivity (Wildman–Crippen MR) is 157 cm³/mol. The molecule has 220 valence electrons. The molecule has 2 aromatic carbocycles. The fourth-order valence-corrected chi connectivity index (χ4v) is 7.64. The normalized spacial score (nSPS) is 29.8. The Balaban J connectivity index is 1.66. The molecule has 0 radical (unpaired) electrons. The first-order valence-electron chi connectivity index (χ1n) is 14.9. The number of likely N-dealkylation sites (tertiary alicyclic amines) is 1. The van der Waals surface area contributed by atoms with Gasteiger partial charge in [-0.2, -0.15) is 0 Å². The average molecular weight is 563 g/mol. The van der Waals surface area contributed by atoms with Gasteiger partial charge in [-0.05, 0) is 55.0 Å². The quantitative estimate of drug-likeness (QED) is 0.320. The third-order valence-corrected chi connectivity index (χ3v) is 9.86. The molecular weight excluding hydrogens is 520 g/mol. The molecule has 3 fully saturated rings. The molecule has 1 spiro atoms. The average Bonchev–Trinajstić information content (AvgIpc) is 3.59. The first-order chi connectivity index (χ1) is 19.7. The number of esters is 1. The number of fused-ring (bicyclic) bond motifs is 2. The van der Waals surface area contributed by atoms with Crippen LogP contribution in [-0.4, -0.2) is 70.8 Å². The Kier molecular flexibility index (Phi) is 8.01. The van der Waals surface area contributed by atoms with Crippen LogP contribution >= 0.6 is 0 Å². The molecule has 0 saturated carbocycles. The number of ether oxygens (including phenoxy) is 2. The molecule has 2 aromatic rings. The molecule has 2 unspecified atom stereocenters. The Bertz CT molecular complexity index is 1340. The summed E-state index contributed by atoms with van der Waals surface area (Å²) < 4.78 is 12.4. The van der Waals surface area contributed by atoms with Gasteiger partial charge >= 0.3 is 5.97 Å². The summed E-state index contributed by atoms with van der Waals surface area (Å²) in [4.78, 5) is 46.1. The van der Waals surface area contributed by atoms with Gasteiger partial charge in [0, 0.05) is 12.2 Å². The number of aliphatic hydroxyl groups excluding tert-OH is 1.